The van der Waals surface area contributed by atoms with Crippen molar-refractivity contribution < 1.29 is 65.0 Å². The smallest absolute Gasteiger partial charge is 0.307 e. The third-order valence-electron chi connectivity index (χ3n) is 0.586. The average molecular weight is 274 g/mol. The molecule has 0 atom stereocenters. The second-order valence-corrected chi connectivity index (χ2v) is 1.00. The maximum Gasteiger partial charge on any atom is 1.00 e. The largest absolute Gasteiger partial charge is 1.00 e. The number of carbonyl (C=O) groups is 3. The molecular weight excluding hydrogens is 263 g/mol. The summed E-state index contributed by atoms with van der Waals surface area (Å²) in [5, 5.41) is 0. The second-order valence-electron chi connectivity index (χ2n) is 1.00. The van der Waals surface area contributed by atoms with Crippen LogP contribution in [0.25, 0.3) is 0 Å². The van der Waals surface area contributed by atoms with Crippen LogP contribution in [0, 0.1) is 6.08 Å². The van der Waals surface area contributed by atoms with Gasteiger partial charge < -0.3 is 14.4 Å². The Morgan fingerprint density at radius 1 is 1.00 bits per heavy atom. The summed E-state index contributed by atoms with van der Waals surface area (Å²) in [6.07, 6.45) is 10.0. The first-order valence-corrected chi connectivity index (χ1v) is 2.58. The molecule has 0 bridgehead atoms. The molecule has 5 heteroatoms. The maximum atomic E-state index is 8.00. The number of hydrogen-bond donors (Lipinski definition) is 0. The van der Waals surface area contributed by atoms with Crippen molar-refractivity contribution in [1.29, 1.82) is 0 Å². The molecule has 0 aromatic rings. The zero-order chi connectivity index (χ0) is 9.54. The minimum absolute atomic E-state index is 0. The maximum absolute atomic E-state index is 8.00. The van der Waals surface area contributed by atoms with Crippen LogP contribution in [0.5, 0.6) is 0 Å². The Kier molecular flexibility index (Phi) is 128. The van der Waals surface area contributed by atoms with Crippen LogP contribution in [0.2, 0.25) is 0 Å². The van der Waals surface area contributed by atoms with Crippen molar-refractivity contribution in [2.24, 2.45) is 0 Å². The van der Waals surface area contributed by atoms with Gasteiger partial charge in [0.1, 0.15) is 20.4 Å². The minimum atomic E-state index is 0. The Labute approximate surface area is 115 Å². The molecule has 0 spiro atoms. The molecule has 0 aromatic carbocycles. The van der Waals surface area contributed by atoms with Gasteiger partial charge in [-0.3, -0.25) is 6.08 Å². The molecular formula is C8H11MoNaO3. The zero-order valence-electron chi connectivity index (χ0n) is 7.69. The van der Waals surface area contributed by atoms with E-state index in [4.69, 9.17) is 14.4 Å². The van der Waals surface area contributed by atoms with Crippen LogP contribution in [0.1, 0.15) is 6.42 Å². The van der Waals surface area contributed by atoms with Crippen LogP contribution < -0.4 is 29.6 Å². The Morgan fingerprint density at radius 2 is 1.38 bits per heavy atom. The second kappa shape index (κ2) is 56.7. The SMILES string of the molecule is C=O.C=O.C=O.[C-]1=CC=CC1.[Mo].[Na+]. The predicted molar refractivity (Wildman–Crippen MR) is 42.9 cm³/mol. The quantitative estimate of drug-likeness (QED) is 0.370. The predicted octanol–water partition coefficient (Wildman–Crippen LogP) is -2.25. The molecule has 13 heavy (non-hydrogen) atoms. The van der Waals surface area contributed by atoms with Gasteiger partial charge in [-0.15, -0.1) is 6.42 Å². The number of rotatable bonds is 0. The van der Waals surface area contributed by atoms with Crippen molar-refractivity contribution in [1.82, 2.24) is 0 Å². The first kappa shape index (κ1) is 29.2. The summed E-state index contributed by atoms with van der Waals surface area (Å²) < 4.78 is 0. The van der Waals surface area contributed by atoms with Gasteiger partial charge in [0.05, 0.1) is 0 Å². The van der Waals surface area contributed by atoms with Gasteiger partial charge in [-0.05, 0) is 0 Å². The summed E-state index contributed by atoms with van der Waals surface area (Å²) in [4.78, 5) is 24.0. The van der Waals surface area contributed by atoms with Crippen LogP contribution in [0.15, 0.2) is 18.2 Å². The van der Waals surface area contributed by atoms with Crippen LogP contribution in [0.4, 0.5) is 0 Å². The fourth-order valence-electron chi connectivity index (χ4n) is 0.340. The topological polar surface area (TPSA) is 51.2 Å². The van der Waals surface area contributed by atoms with Gasteiger partial charge in [0.15, 0.2) is 0 Å². The van der Waals surface area contributed by atoms with E-state index >= 15 is 0 Å². The first-order chi connectivity index (χ1) is 5.50. The molecule has 1 aliphatic rings. The molecule has 0 aliphatic heterocycles. The Morgan fingerprint density at radius 3 is 1.46 bits per heavy atom. The van der Waals surface area contributed by atoms with Gasteiger partial charge in [0.2, 0.25) is 0 Å². The van der Waals surface area contributed by atoms with E-state index < -0.39 is 0 Å². The van der Waals surface area contributed by atoms with Crippen molar-refractivity contribution in [3.63, 3.8) is 0 Å². The van der Waals surface area contributed by atoms with Crippen molar-refractivity contribution in [3.05, 3.63) is 24.3 Å². The average Bonchev–Trinajstić information content (AvgIpc) is 2.71. The van der Waals surface area contributed by atoms with E-state index in [1.165, 1.54) is 0 Å². The van der Waals surface area contributed by atoms with E-state index in [2.05, 4.69) is 12.2 Å². The Bertz CT molecular complexity index is 103. The molecule has 0 N–H and O–H groups in total. The van der Waals surface area contributed by atoms with Crippen molar-refractivity contribution in [3.8, 4) is 0 Å². The molecule has 0 amide bonds. The molecule has 0 saturated carbocycles. The first-order valence-electron chi connectivity index (χ1n) is 2.58. The van der Waals surface area contributed by atoms with Gasteiger partial charge >= 0.3 is 29.6 Å². The molecule has 0 heterocycles. The van der Waals surface area contributed by atoms with E-state index in [0.717, 1.165) is 6.42 Å². The van der Waals surface area contributed by atoms with Crippen molar-refractivity contribution in [2.45, 2.75) is 6.42 Å². The summed E-state index contributed by atoms with van der Waals surface area (Å²) in [5.41, 5.74) is 0. The number of hydrogen-bond acceptors (Lipinski definition) is 3. The van der Waals surface area contributed by atoms with Crippen LogP contribution in [-0.2, 0) is 35.4 Å². The molecule has 3 nitrogen and oxygen atoms in total. The molecule has 1 rings (SSSR count). The summed E-state index contributed by atoms with van der Waals surface area (Å²) in [6, 6.07) is 0. The van der Waals surface area contributed by atoms with Crippen molar-refractivity contribution >= 4 is 20.4 Å². The standard InChI is InChI=1S/C5H5.3CH2O.Mo.Na/c1-2-4-5-3-1;3*1-2;;/h1-3H,4H2;3*1H2;;/q-1;;;;;+1. The van der Waals surface area contributed by atoms with Gasteiger partial charge in [0.25, 0.3) is 0 Å². The summed E-state index contributed by atoms with van der Waals surface area (Å²) in [6.45, 7) is 6.00. The number of carbonyl (C=O) groups excluding carboxylic acids is 3. The molecule has 0 saturated heterocycles. The summed E-state index contributed by atoms with van der Waals surface area (Å²) in [7, 11) is 0. The third-order valence-corrected chi connectivity index (χ3v) is 0.586. The zero-order valence-corrected chi connectivity index (χ0v) is 11.7. The van der Waals surface area contributed by atoms with Crippen LogP contribution in [0.3, 0.4) is 0 Å². The monoisotopic (exact) mass is 276 g/mol. The molecule has 0 fully saturated rings. The van der Waals surface area contributed by atoms with Crippen LogP contribution >= 0.6 is 0 Å². The van der Waals surface area contributed by atoms with Gasteiger partial charge in [-0.2, -0.15) is 6.08 Å². The normalized spacial score (nSPS) is 7.69. The van der Waals surface area contributed by atoms with E-state index in [-0.39, 0.29) is 50.6 Å². The van der Waals surface area contributed by atoms with E-state index in [1.807, 2.05) is 32.5 Å². The van der Waals surface area contributed by atoms with Crippen LogP contribution in [-0.4, -0.2) is 20.4 Å². The summed E-state index contributed by atoms with van der Waals surface area (Å²) in [5.74, 6) is 0. The fourth-order valence-corrected chi connectivity index (χ4v) is 0.340. The van der Waals surface area contributed by atoms with Gasteiger partial charge in [-0.1, -0.05) is 0 Å². The minimum Gasteiger partial charge on any atom is -0.307 e. The number of allylic oxidation sites excluding steroid dienone is 4. The van der Waals surface area contributed by atoms with Gasteiger partial charge in [0, 0.05) is 21.1 Å². The van der Waals surface area contributed by atoms with E-state index in [9.17, 15) is 0 Å². The summed E-state index contributed by atoms with van der Waals surface area (Å²) >= 11 is 0. The molecule has 0 unspecified atom stereocenters. The molecule has 0 radical (unpaired) electrons. The molecule has 1 aliphatic carbocycles. The van der Waals surface area contributed by atoms with Crippen molar-refractivity contribution in [2.75, 3.05) is 0 Å². The van der Waals surface area contributed by atoms with Gasteiger partial charge in [-0.25, -0.2) is 12.2 Å². The third kappa shape index (κ3) is 47.1. The Hall–Kier alpha value is 0.178. The molecule has 0 aromatic heterocycles. The molecule has 68 valence electrons. The Balaban J connectivity index is -0.0000000239. The van der Waals surface area contributed by atoms with E-state index in [1.54, 1.807) is 0 Å². The van der Waals surface area contributed by atoms with E-state index in [0.29, 0.717) is 0 Å². The fraction of sp³-hybridized carbons (Fsp3) is 0.125.